The number of carbonyl (C=O) groups is 2. The van der Waals surface area contributed by atoms with E-state index in [9.17, 15) is 19.7 Å². The van der Waals surface area contributed by atoms with Crippen LogP contribution >= 0.6 is 0 Å². The number of hydrazone groups is 1. The molecule has 2 aromatic carbocycles. The van der Waals surface area contributed by atoms with Crippen LogP contribution in [-0.4, -0.2) is 48.1 Å². The van der Waals surface area contributed by atoms with Crippen molar-refractivity contribution in [3.63, 3.8) is 0 Å². The van der Waals surface area contributed by atoms with Crippen molar-refractivity contribution in [2.45, 2.75) is 58.2 Å². The Morgan fingerprint density at radius 1 is 1.17 bits per heavy atom. The molecule has 3 rings (SSSR count). The number of nitro groups is 1. The van der Waals surface area contributed by atoms with Crippen LogP contribution in [0.15, 0.2) is 53.6 Å². The van der Waals surface area contributed by atoms with Gasteiger partial charge >= 0.3 is 17.7 Å². The Hall–Kier alpha value is -3.95. The first kappa shape index (κ1) is 26.7. The summed E-state index contributed by atoms with van der Waals surface area (Å²) in [6, 6.07) is 13.4. The third-order valence-corrected chi connectivity index (χ3v) is 6.17. The number of carbonyl (C=O) groups excluding carboxylic acids is 2. The summed E-state index contributed by atoms with van der Waals surface area (Å²) >= 11 is 0. The number of fused-ring (bicyclic) bond motifs is 1. The van der Waals surface area contributed by atoms with Gasteiger partial charge in [-0.15, -0.1) is 0 Å². The van der Waals surface area contributed by atoms with Gasteiger partial charge in [0.25, 0.3) is 0 Å². The van der Waals surface area contributed by atoms with E-state index in [1.165, 1.54) is 6.07 Å². The molecule has 1 amide bonds. The molecule has 10 nitrogen and oxygen atoms in total. The van der Waals surface area contributed by atoms with Crippen molar-refractivity contribution in [1.29, 1.82) is 0 Å². The lowest BCUT2D eigenvalue weighted by atomic mass is 9.76. The van der Waals surface area contributed by atoms with Gasteiger partial charge in [0.15, 0.2) is 0 Å². The minimum atomic E-state index is -1.81. The zero-order chi connectivity index (χ0) is 26.9. The van der Waals surface area contributed by atoms with Gasteiger partial charge in [-0.05, 0) is 71.4 Å². The zero-order valence-corrected chi connectivity index (χ0v) is 21.6. The van der Waals surface area contributed by atoms with E-state index in [2.05, 4.69) is 5.10 Å². The topological polar surface area (TPSA) is 115 Å². The van der Waals surface area contributed by atoms with E-state index in [1.54, 1.807) is 71.7 Å². The normalized spacial score (nSPS) is 18.6. The molecular weight excluding hydrogens is 464 g/mol. The molecule has 1 aliphatic heterocycles. The number of anilines is 2. The molecule has 10 heteroatoms. The van der Waals surface area contributed by atoms with Crippen LogP contribution in [0.4, 0.5) is 16.2 Å². The highest BCUT2D eigenvalue weighted by Gasteiger charge is 2.65. The van der Waals surface area contributed by atoms with Gasteiger partial charge in [0.05, 0.1) is 28.2 Å². The minimum absolute atomic E-state index is 0.185. The second kappa shape index (κ2) is 9.60. The summed E-state index contributed by atoms with van der Waals surface area (Å²) in [5, 5.41) is 17.9. The number of nitrogens with zero attached hydrogens (tertiary/aromatic N) is 4. The van der Waals surface area contributed by atoms with E-state index < -0.39 is 33.7 Å². The van der Waals surface area contributed by atoms with E-state index in [0.717, 1.165) is 16.8 Å². The lowest BCUT2D eigenvalue weighted by Gasteiger charge is -2.35. The lowest BCUT2D eigenvalue weighted by Crippen LogP contribution is -2.61. The van der Waals surface area contributed by atoms with Crippen LogP contribution in [0.2, 0.25) is 0 Å². The Morgan fingerprint density at radius 2 is 1.83 bits per heavy atom. The van der Waals surface area contributed by atoms with Gasteiger partial charge in [-0.1, -0.05) is 24.3 Å². The van der Waals surface area contributed by atoms with Crippen LogP contribution in [0, 0.1) is 10.1 Å². The zero-order valence-electron chi connectivity index (χ0n) is 21.6. The number of esters is 1. The average Bonchev–Trinajstić information content (AvgIpc) is 2.97. The maximum Gasteiger partial charge on any atom is 0.435 e. The molecule has 36 heavy (non-hydrogen) atoms. The van der Waals surface area contributed by atoms with Crippen LogP contribution in [0.25, 0.3) is 0 Å². The van der Waals surface area contributed by atoms with Crippen LogP contribution in [0.3, 0.4) is 0 Å². The lowest BCUT2D eigenvalue weighted by molar-refractivity contribution is -0.554. The number of hydrogen-bond donors (Lipinski definition) is 0. The van der Waals surface area contributed by atoms with Crippen molar-refractivity contribution < 1.29 is 24.0 Å². The highest BCUT2D eigenvalue weighted by Crippen LogP contribution is 2.50. The quantitative estimate of drug-likeness (QED) is 0.239. The summed E-state index contributed by atoms with van der Waals surface area (Å²) in [7, 11) is 1.63. The number of ether oxygens (including phenoxy) is 2. The highest BCUT2D eigenvalue weighted by atomic mass is 16.6. The number of amides is 1. The third-order valence-electron chi connectivity index (χ3n) is 6.17. The molecule has 0 aromatic heterocycles. The molecule has 0 spiro atoms. The number of para-hydroxylation sites is 1. The Balaban J connectivity index is 2.14. The van der Waals surface area contributed by atoms with Gasteiger partial charge < -0.3 is 14.4 Å². The monoisotopic (exact) mass is 496 g/mol. The first-order chi connectivity index (χ1) is 16.8. The molecule has 192 valence electrons. The molecule has 0 fully saturated rings. The molecule has 0 aliphatic carbocycles. The number of benzene rings is 2. The molecule has 2 aromatic rings. The van der Waals surface area contributed by atoms with Crippen LogP contribution < -0.4 is 9.91 Å². The molecule has 0 radical (unpaired) electrons. The summed E-state index contributed by atoms with van der Waals surface area (Å²) in [6.07, 6.45) is 0.308. The van der Waals surface area contributed by atoms with Gasteiger partial charge in [0, 0.05) is 12.7 Å². The molecule has 1 atom stereocenters. The van der Waals surface area contributed by atoms with E-state index in [-0.39, 0.29) is 17.9 Å². The molecule has 0 saturated carbocycles. The minimum Gasteiger partial charge on any atom is -0.462 e. The maximum atomic E-state index is 13.2. The summed E-state index contributed by atoms with van der Waals surface area (Å²) in [6.45, 7) is 10.5. The van der Waals surface area contributed by atoms with Gasteiger partial charge in [0.2, 0.25) is 0 Å². The summed E-state index contributed by atoms with van der Waals surface area (Å²) < 4.78 is 10.6. The number of likely N-dealkylation sites (N-methyl/N-ethyl adjacent to an activating group) is 1. The summed E-state index contributed by atoms with van der Waals surface area (Å²) in [4.78, 5) is 39.3. The van der Waals surface area contributed by atoms with E-state index in [0.29, 0.717) is 5.69 Å². The SMILES string of the molecule is CCOC(=O)c1cccc(N(N=CC2([N+](=O)[O-])N(C)c3ccccc3C2(C)C)C(=O)OC(C)(C)C)c1. The van der Waals surface area contributed by atoms with Gasteiger partial charge in [0.1, 0.15) is 11.8 Å². The number of rotatable bonds is 6. The predicted octanol–water partition coefficient (Wildman–Crippen LogP) is 4.99. The Labute approximate surface area is 210 Å². The Kier molecular flexibility index (Phi) is 7.11. The van der Waals surface area contributed by atoms with Crippen molar-refractivity contribution in [2.75, 3.05) is 23.6 Å². The number of hydrogen-bond acceptors (Lipinski definition) is 8. The molecule has 0 N–H and O–H groups in total. The van der Waals surface area contributed by atoms with Crippen molar-refractivity contribution in [2.24, 2.45) is 5.10 Å². The first-order valence-electron chi connectivity index (χ1n) is 11.6. The van der Waals surface area contributed by atoms with Crippen LogP contribution in [0.1, 0.15) is 57.5 Å². The van der Waals surface area contributed by atoms with Gasteiger partial charge in [-0.3, -0.25) is 10.1 Å². The van der Waals surface area contributed by atoms with Gasteiger partial charge in [-0.25, -0.2) is 9.59 Å². The fourth-order valence-electron chi connectivity index (χ4n) is 4.38. The summed E-state index contributed by atoms with van der Waals surface area (Å²) in [5.74, 6) is -0.568. The predicted molar refractivity (Wildman–Crippen MR) is 137 cm³/mol. The van der Waals surface area contributed by atoms with E-state index in [4.69, 9.17) is 9.47 Å². The third kappa shape index (κ3) is 4.62. The molecule has 0 bridgehead atoms. The average molecular weight is 497 g/mol. The summed E-state index contributed by atoms with van der Waals surface area (Å²) in [5.41, 5.74) is -1.80. The highest BCUT2D eigenvalue weighted by molar-refractivity contribution is 5.94. The van der Waals surface area contributed by atoms with Crippen LogP contribution in [-0.2, 0) is 14.9 Å². The second-order valence-electron chi connectivity index (χ2n) is 9.99. The molecule has 1 heterocycles. The standard InChI is InChI=1S/C26H32N4O6/c1-8-35-22(31)18-12-11-13-19(16-18)29(23(32)36-24(2,3)4)27-17-26(30(33)34)25(5,6)20-14-9-10-15-21(20)28(26)7/h9-17H,8H2,1-7H3. The molecule has 1 aliphatic rings. The first-order valence-corrected chi connectivity index (χ1v) is 11.6. The molecule has 0 saturated heterocycles. The fraction of sp³-hybridized carbons (Fsp3) is 0.423. The smallest absolute Gasteiger partial charge is 0.435 e. The fourth-order valence-corrected chi connectivity index (χ4v) is 4.38. The molecule has 1 unspecified atom stereocenters. The second-order valence-corrected chi connectivity index (χ2v) is 9.99. The Bertz CT molecular complexity index is 1200. The molecular formula is C26H32N4O6. The Morgan fingerprint density at radius 3 is 2.42 bits per heavy atom. The van der Waals surface area contributed by atoms with Gasteiger partial charge in [-0.2, -0.15) is 10.1 Å². The van der Waals surface area contributed by atoms with Crippen molar-refractivity contribution in [3.05, 3.63) is 69.8 Å². The van der Waals surface area contributed by atoms with Crippen molar-refractivity contribution >= 4 is 29.7 Å². The largest absolute Gasteiger partial charge is 0.462 e. The van der Waals surface area contributed by atoms with Crippen molar-refractivity contribution in [1.82, 2.24) is 0 Å². The van der Waals surface area contributed by atoms with Crippen LogP contribution in [0.5, 0.6) is 0 Å². The van der Waals surface area contributed by atoms with E-state index >= 15 is 0 Å². The van der Waals surface area contributed by atoms with Crippen molar-refractivity contribution in [3.8, 4) is 0 Å². The maximum absolute atomic E-state index is 13.2. The van der Waals surface area contributed by atoms with E-state index in [1.807, 2.05) is 24.3 Å².